The van der Waals surface area contributed by atoms with E-state index in [1.165, 1.54) is 0 Å². The van der Waals surface area contributed by atoms with E-state index in [-0.39, 0.29) is 5.41 Å². The molecule has 0 aliphatic carbocycles. The summed E-state index contributed by atoms with van der Waals surface area (Å²) < 4.78 is 0. The number of aromatic nitrogens is 2. The van der Waals surface area contributed by atoms with Crippen LogP contribution in [0.1, 0.15) is 57.8 Å². The van der Waals surface area contributed by atoms with Crippen molar-refractivity contribution in [2.45, 2.75) is 53.4 Å². The molecule has 1 N–H and O–H groups in total. The molecule has 0 aromatic carbocycles. The number of hydrogen-bond acceptors (Lipinski definition) is 3. The lowest BCUT2D eigenvalue weighted by molar-refractivity contribution is 0.354. The predicted octanol–water partition coefficient (Wildman–Crippen LogP) is 4.37. The van der Waals surface area contributed by atoms with Gasteiger partial charge in [-0.15, -0.1) is 11.6 Å². The molecule has 0 atom stereocenters. The molecule has 0 saturated heterocycles. The van der Waals surface area contributed by atoms with Crippen molar-refractivity contribution < 1.29 is 0 Å². The first-order valence-electron chi connectivity index (χ1n) is 6.99. The number of alkyl halides is 1. The summed E-state index contributed by atoms with van der Waals surface area (Å²) in [4.78, 5) is 9.02. The van der Waals surface area contributed by atoms with Crippen LogP contribution < -0.4 is 5.32 Å². The zero-order chi connectivity index (χ0) is 14.5. The van der Waals surface area contributed by atoms with E-state index >= 15 is 0 Å². The van der Waals surface area contributed by atoms with Crippen molar-refractivity contribution in [3.05, 3.63) is 17.5 Å². The van der Waals surface area contributed by atoms with Crippen LogP contribution in [0.4, 0.5) is 5.95 Å². The number of anilines is 1. The topological polar surface area (TPSA) is 37.8 Å². The third-order valence-corrected chi connectivity index (χ3v) is 3.45. The van der Waals surface area contributed by atoms with Gasteiger partial charge in [-0.05, 0) is 37.2 Å². The van der Waals surface area contributed by atoms with Crippen molar-refractivity contribution in [1.29, 1.82) is 0 Å². The minimum absolute atomic E-state index is 0.208. The number of hydrogen-bond donors (Lipinski definition) is 1. The molecule has 0 aliphatic rings. The van der Waals surface area contributed by atoms with Crippen LogP contribution in [0.5, 0.6) is 0 Å². The Bertz CT molecular complexity index is 402. The molecule has 1 aromatic heterocycles. The number of halogens is 1. The van der Waals surface area contributed by atoms with Gasteiger partial charge in [-0.1, -0.05) is 27.7 Å². The Labute approximate surface area is 122 Å². The Balaban J connectivity index is 2.67. The molecule has 1 heterocycles. The summed E-state index contributed by atoms with van der Waals surface area (Å²) in [6.45, 7) is 11.7. The second-order valence-electron chi connectivity index (χ2n) is 6.22. The molecular weight excluding hydrogens is 258 g/mol. The van der Waals surface area contributed by atoms with Crippen molar-refractivity contribution in [2.24, 2.45) is 5.41 Å². The van der Waals surface area contributed by atoms with E-state index in [2.05, 4.69) is 49.0 Å². The molecule has 4 heteroatoms. The van der Waals surface area contributed by atoms with Gasteiger partial charge in [0.15, 0.2) is 0 Å². The summed E-state index contributed by atoms with van der Waals surface area (Å²) in [5.41, 5.74) is 2.31. The summed E-state index contributed by atoms with van der Waals surface area (Å²) in [7, 11) is 0. The molecule has 1 aromatic rings. The van der Waals surface area contributed by atoms with Gasteiger partial charge in [0.2, 0.25) is 5.95 Å². The van der Waals surface area contributed by atoms with E-state index in [1.54, 1.807) is 0 Å². The second kappa shape index (κ2) is 7.09. The summed E-state index contributed by atoms with van der Waals surface area (Å²) in [5, 5.41) is 3.36. The number of nitrogens with zero attached hydrogens (tertiary/aromatic N) is 2. The maximum atomic E-state index is 5.76. The Morgan fingerprint density at radius 1 is 1.32 bits per heavy atom. The van der Waals surface area contributed by atoms with Crippen molar-refractivity contribution >= 4 is 17.5 Å². The second-order valence-corrected chi connectivity index (χ2v) is 6.60. The molecule has 0 spiro atoms. The summed E-state index contributed by atoms with van der Waals surface area (Å²) >= 11 is 5.76. The fourth-order valence-corrected chi connectivity index (χ4v) is 2.05. The van der Waals surface area contributed by atoms with Gasteiger partial charge in [0, 0.05) is 23.8 Å². The van der Waals surface area contributed by atoms with Crippen LogP contribution in [0.15, 0.2) is 6.07 Å². The Kier molecular flexibility index (Phi) is 6.05. The third-order valence-electron chi connectivity index (χ3n) is 3.18. The number of aryl methyl sites for hydroxylation is 1. The minimum atomic E-state index is 0.208. The summed E-state index contributed by atoms with van der Waals surface area (Å²) in [5.74, 6) is 1.89. The van der Waals surface area contributed by atoms with Gasteiger partial charge in [0.25, 0.3) is 0 Å². The molecule has 19 heavy (non-hydrogen) atoms. The van der Waals surface area contributed by atoms with Crippen molar-refractivity contribution in [1.82, 2.24) is 9.97 Å². The molecule has 0 fully saturated rings. The quantitative estimate of drug-likeness (QED) is 0.755. The van der Waals surface area contributed by atoms with Gasteiger partial charge in [0.1, 0.15) is 0 Å². The maximum absolute atomic E-state index is 5.76. The largest absolute Gasteiger partial charge is 0.354 e. The smallest absolute Gasteiger partial charge is 0.223 e. The molecule has 1 rings (SSSR count). The van der Waals surface area contributed by atoms with Gasteiger partial charge in [-0.2, -0.15) is 0 Å². The van der Waals surface area contributed by atoms with Crippen LogP contribution >= 0.6 is 11.6 Å². The molecule has 0 aliphatic heterocycles. The highest BCUT2D eigenvalue weighted by atomic mass is 35.5. The van der Waals surface area contributed by atoms with Crippen LogP contribution in [0.2, 0.25) is 0 Å². The molecule has 0 bridgehead atoms. The fourth-order valence-electron chi connectivity index (χ4n) is 1.92. The minimum Gasteiger partial charge on any atom is -0.354 e. The van der Waals surface area contributed by atoms with Crippen LogP contribution in [-0.4, -0.2) is 22.4 Å². The average molecular weight is 284 g/mol. The van der Waals surface area contributed by atoms with Gasteiger partial charge in [-0.25, -0.2) is 9.97 Å². The Morgan fingerprint density at radius 3 is 2.58 bits per heavy atom. The molecule has 3 nitrogen and oxygen atoms in total. The lowest BCUT2D eigenvalue weighted by Crippen LogP contribution is -2.24. The van der Waals surface area contributed by atoms with Crippen LogP contribution in [-0.2, 0) is 0 Å². The number of rotatable bonds is 7. The molecule has 0 radical (unpaired) electrons. The van der Waals surface area contributed by atoms with E-state index in [0.717, 1.165) is 42.6 Å². The van der Waals surface area contributed by atoms with E-state index < -0.39 is 0 Å². The van der Waals surface area contributed by atoms with Crippen molar-refractivity contribution in [3.8, 4) is 0 Å². The predicted molar refractivity (Wildman–Crippen MR) is 83.1 cm³/mol. The monoisotopic (exact) mass is 283 g/mol. The van der Waals surface area contributed by atoms with Gasteiger partial charge >= 0.3 is 0 Å². The van der Waals surface area contributed by atoms with Crippen molar-refractivity contribution in [3.63, 3.8) is 0 Å². The Hall–Kier alpha value is -0.830. The van der Waals surface area contributed by atoms with Gasteiger partial charge < -0.3 is 5.32 Å². The van der Waals surface area contributed by atoms with E-state index in [4.69, 9.17) is 11.6 Å². The average Bonchev–Trinajstić information content (AvgIpc) is 2.33. The first-order valence-corrected chi connectivity index (χ1v) is 7.53. The van der Waals surface area contributed by atoms with Crippen molar-refractivity contribution in [2.75, 3.05) is 17.7 Å². The van der Waals surface area contributed by atoms with Crippen LogP contribution in [0.25, 0.3) is 0 Å². The lowest BCUT2D eigenvalue weighted by atomic mass is 9.88. The number of nitrogens with one attached hydrogen (secondary N) is 1. The normalized spacial score (nSPS) is 11.9. The fraction of sp³-hybridized carbons (Fsp3) is 0.733. The highest BCUT2D eigenvalue weighted by molar-refractivity contribution is 6.17. The highest BCUT2D eigenvalue weighted by Crippen LogP contribution is 2.23. The van der Waals surface area contributed by atoms with E-state index in [0.29, 0.717) is 5.92 Å². The standard InChI is InChI=1S/C15H26ClN3/c1-11(2)13-9-12(3)18-14(19-13)17-10-15(4,5)7-6-8-16/h9,11H,6-8,10H2,1-5H3,(H,17,18,19). The lowest BCUT2D eigenvalue weighted by Gasteiger charge is -2.24. The molecular formula is C15H26ClN3. The van der Waals surface area contributed by atoms with E-state index in [1.807, 2.05) is 6.92 Å². The highest BCUT2D eigenvalue weighted by Gasteiger charge is 2.17. The van der Waals surface area contributed by atoms with Gasteiger partial charge in [-0.3, -0.25) is 0 Å². The SMILES string of the molecule is Cc1cc(C(C)C)nc(NCC(C)(C)CCCCl)n1. The molecule has 0 unspecified atom stereocenters. The zero-order valence-electron chi connectivity index (χ0n) is 12.8. The maximum Gasteiger partial charge on any atom is 0.223 e. The zero-order valence-corrected chi connectivity index (χ0v) is 13.5. The molecule has 0 saturated carbocycles. The molecule has 0 amide bonds. The molecule has 108 valence electrons. The van der Waals surface area contributed by atoms with E-state index in [9.17, 15) is 0 Å². The Morgan fingerprint density at radius 2 is 2.00 bits per heavy atom. The first kappa shape index (κ1) is 16.2. The first-order chi connectivity index (χ1) is 8.84. The summed E-state index contributed by atoms with van der Waals surface area (Å²) in [6, 6.07) is 2.05. The van der Waals surface area contributed by atoms with Crippen LogP contribution in [0, 0.1) is 12.3 Å². The van der Waals surface area contributed by atoms with Gasteiger partial charge in [0.05, 0.1) is 0 Å². The summed E-state index contributed by atoms with van der Waals surface area (Å²) in [6.07, 6.45) is 2.15. The van der Waals surface area contributed by atoms with Crippen LogP contribution in [0.3, 0.4) is 0 Å². The third kappa shape index (κ3) is 5.77.